The van der Waals surface area contributed by atoms with Crippen molar-refractivity contribution >= 4 is 21.8 Å². The van der Waals surface area contributed by atoms with Crippen LogP contribution in [-0.4, -0.2) is 54.3 Å². The van der Waals surface area contributed by atoms with E-state index >= 15 is 0 Å². The Hall–Kier alpha value is -2.71. The molecule has 1 fully saturated rings. The number of carbonyl (C=O) groups is 2. The Morgan fingerprint density at radius 2 is 1.77 bits per heavy atom. The maximum atomic E-state index is 13.3. The molecule has 1 N–H and O–H groups in total. The molecule has 0 radical (unpaired) electrons. The third kappa shape index (κ3) is 4.88. The molecule has 0 unspecified atom stereocenters. The van der Waals surface area contributed by atoms with E-state index in [1.165, 1.54) is 4.90 Å². The number of nitrogens with one attached hydrogen (secondary N) is 1. The Bertz CT molecular complexity index is 1040. The number of rotatable bonds is 6. The lowest BCUT2D eigenvalue weighted by atomic mass is 9.94. The number of amides is 2. The minimum atomic E-state index is -3.63. The highest BCUT2D eigenvalue weighted by Gasteiger charge is 2.49. The molecule has 2 aromatic carbocycles. The van der Waals surface area contributed by atoms with Gasteiger partial charge in [0.1, 0.15) is 5.54 Å². The summed E-state index contributed by atoms with van der Waals surface area (Å²) >= 11 is 0. The summed E-state index contributed by atoms with van der Waals surface area (Å²) in [7, 11) is -3.63. The van der Waals surface area contributed by atoms with Crippen molar-refractivity contribution in [2.75, 3.05) is 19.3 Å². The smallest absolute Gasteiger partial charge is 0.247 e. The first kappa shape index (κ1) is 22.0. The van der Waals surface area contributed by atoms with Gasteiger partial charge in [0.05, 0.1) is 12.8 Å². The van der Waals surface area contributed by atoms with E-state index < -0.39 is 21.5 Å². The van der Waals surface area contributed by atoms with Gasteiger partial charge in [-0.05, 0) is 25.0 Å². The largest absolute Gasteiger partial charge is 0.350 e. The Balaban J connectivity index is 1.89. The molecule has 0 aromatic heterocycles. The van der Waals surface area contributed by atoms with E-state index in [2.05, 4.69) is 5.32 Å². The molecule has 1 heterocycles. The molecule has 2 aromatic rings. The second kappa shape index (κ2) is 8.57. The molecule has 1 atom stereocenters. The Morgan fingerprint density at radius 3 is 2.40 bits per heavy atom. The predicted octanol–water partition coefficient (Wildman–Crippen LogP) is 1.67. The first-order valence-electron chi connectivity index (χ1n) is 9.73. The van der Waals surface area contributed by atoms with Gasteiger partial charge in [0.15, 0.2) is 0 Å². The summed E-state index contributed by atoms with van der Waals surface area (Å²) < 4.78 is 25.4. The molecule has 0 aliphatic carbocycles. The fourth-order valence-electron chi connectivity index (χ4n) is 3.65. The lowest BCUT2D eigenvalue weighted by Gasteiger charge is -2.46. The second-order valence-corrected chi connectivity index (χ2v) is 9.92. The van der Waals surface area contributed by atoms with Gasteiger partial charge in [-0.25, -0.2) is 8.42 Å². The Labute approximate surface area is 177 Å². The fraction of sp³-hybridized carbons (Fsp3) is 0.364. The van der Waals surface area contributed by atoms with Crippen molar-refractivity contribution in [1.82, 2.24) is 14.5 Å². The van der Waals surface area contributed by atoms with Gasteiger partial charge in [0.2, 0.25) is 21.8 Å². The van der Waals surface area contributed by atoms with Crippen LogP contribution in [0.15, 0.2) is 54.6 Å². The zero-order chi connectivity index (χ0) is 21.9. The van der Waals surface area contributed by atoms with Crippen LogP contribution in [0.5, 0.6) is 0 Å². The third-order valence-electron chi connectivity index (χ3n) is 5.37. The van der Waals surface area contributed by atoms with Gasteiger partial charge in [-0.1, -0.05) is 60.2 Å². The van der Waals surface area contributed by atoms with E-state index in [9.17, 15) is 18.0 Å². The average molecular weight is 430 g/mol. The highest BCUT2D eigenvalue weighted by atomic mass is 32.2. The molecule has 0 saturated carbocycles. The van der Waals surface area contributed by atoms with Gasteiger partial charge >= 0.3 is 0 Å². The quantitative estimate of drug-likeness (QED) is 0.757. The first-order chi connectivity index (χ1) is 14.1. The molecule has 0 spiro atoms. The van der Waals surface area contributed by atoms with E-state index in [4.69, 9.17) is 0 Å². The number of nitrogens with zero attached hydrogens (tertiary/aromatic N) is 2. The van der Waals surface area contributed by atoms with Crippen LogP contribution < -0.4 is 5.32 Å². The van der Waals surface area contributed by atoms with Crippen molar-refractivity contribution in [3.05, 3.63) is 71.3 Å². The van der Waals surface area contributed by atoms with E-state index in [1.54, 1.807) is 6.92 Å². The predicted molar refractivity (Wildman–Crippen MR) is 115 cm³/mol. The molecular weight excluding hydrogens is 402 g/mol. The number of hydrogen-bond acceptors (Lipinski definition) is 4. The minimum absolute atomic E-state index is 0.0932. The number of hydrogen-bond donors (Lipinski definition) is 1. The number of sulfonamides is 1. The normalized spacial score (nSPS) is 20.2. The number of benzene rings is 2. The van der Waals surface area contributed by atoms with E-state index in [0.29, 0.717) is 6.54 Å². The van der Waals surface area contributed by atoms with Gasteiger partial charge in [-0.2, -0.15) is 4.31 Å². The zero-order valence-electron chi connectivity index (χ0n) is 17.5. The highest BCUT2D eigenvalue weighted by Crippen LogP contribution is 2.27. The van der Waals surface area contributed by atoms with Crippen molar-refractivity contribution in [1.29, 1.82) is 0 Å². The fourth-order valence-corrected chi connectivity index (χ4v) is 4.48. The molecule has 1 aliphatic heterocycles. The molecular formula is C22H27N3O4S. The van der Waals surface area contributed by atoms with Crippen molar-refractivity contribution in [2.24, 2.45) is 0 Å². The molecule has 30 heavy (non-hydrogen) atoms. The maximum Gasteiger partial charge on any atom is 0.247 e. The van der Waals surface area contributed by atoms with Crippen molar-refractivity contribution in [3.63, 3.8) is 0 Å². The van der Waals surface area contributed by atoms with E-state index in [-0.39, 0.29) is 25.5 Å². The third-order valence-corrected chi connectivity index (χ3v) is 6.57. The summed E-state index contributed by atoms with van der Waals surface area (Å²) in [4.78, 5) is 27.7. The monoisotopic (exact) mass is 429 g/mol. The van der Waals surface area contributed by atoms with Crippen molar-refractivity contribution in [2.45, 2.75) is 32.5 Å². The van der Waals surface area contributed by atoms with Gasteiger partial charge in [0, 0.05) is 19.6 Å². The van der Waals surface area contributed by atoms with Crippen LogP contribution in [0.1, 0.15) is 23.6 Å². The van der Waals surface area contributed by atoms with Crippen LogP contribution in [0.25, 0.3) is 0 Å². The van der Waals surface area contributed by atoms with Gasteiger partial charge < -0.3 is 10.2 Å². The minimum Gasteiger partial charge on any atom is -0.350 e. The summed E-state index contributed by atoms with van der Waals surface area (Å²) in [6, 6.07) is 17.1. The summed E-state index contributed by atoms with van der Waals surface area (Å²) in [5.41, 5.74) is 1.52. The summed E-state index contributed by atoms with van der Waals surface area (Å²) in [6.07, 6.45) is 1.05. The van der Waals surface area contributed by atoms with Crippen molar-refractivity contribution < 1.29 is 18.0 Å². The molecule has 160 valence electrons. The zero-order valence-corrected chi connectivity index (χ0v) is 18.3. The maximum absolute atomic E-state index is 13.3. The van der Waals surface area contributed by atoms with E-state index in [1.807, 2.05) is 61.5 Å². The van der Waals surface area contributed by atoms with Crippen LogP contribution in [0.2, 0.25) is 0 Å². The molecule has 1 aliphatic rings. The number of carbonyl (C=O) groups excluding carboxylic acids is 2. The number of aryl methyl sites for hydroxylation is 1. The molecule has 0 bridgehead atoms. The molecule has 7 nitrogen and oxygen atoms in total. The van der Waals surface area contributed by atoms with Gasteiger partial charge in [-0.15, -0.1) is 0 Å². The van der Waals surface area contributed by atoms with Crippen LogP contribution in [0.4, 0.5) is 0 Å². The summed E-state index contributed by atoms with van der Waals surface area (Å²) in [6.45, 7) is 3.74. The van der Waals surface area contributed by atoms with Gasteiger partial charge in [0.25, 0.3) is 0 Å². The van der Waals surface area contributed by atoms with Crippen LogP contribution in [0, 0.1) is 6.92 Å². The van der Waals surface area contributed by atoms with E-state index in [0.717, 1.165) is 27.3 Å². The molecule has 1 saturated heterocycles. The number of piperazine rings is 1. The topological polar surface area (TPSA) is 86.8 Å². The van der Waals surface area contributed by atoms with Crippen LogP contribution in [0.3, 0.4) is 0 Å². The molecule has 3 rings (SSSR count). The standard InChI is InChI=1S/C22H27N3O4S/c1-17-8-7-11-19(12-17)14-25-20(26)15-24(30(3,28)29)16-22(25,2)21(27)23-13-18-9-5-4-6-10-18/h4-12H,13-16H2,1-3H3,(H,23,27)/t22-/m1/s1. The average Bonchev–Trinajstić information content (AvgIpc) is 2.69. The Kier molecular flexibility index (Phi) is 6.28. The summed E-state index contributed by atoms with van der Waals surface area (Å²) in [5, 5.41) is 2.87. The van der Waals surface area contributed by atoms with Crippen molar-refractivity contribution in [3.8, 4) is 0 Å². The second-order valence-electron chi connectivity index (χ2n) is 7.94. The van der Waals surface area contributed by atoms with Crippen LogP contribution >= 0.6 is 0 Å². The van der Waals surface area contributed by atoms with Gasteiger partial charge in [-0.3, -0.25) is 9.59 Å². The Morgan fingerprint density at radius 1 is 1.10 bits per heavy atom. The molecule has 2 amide bonds. The summed E-state index contributed by atoms with van der Waals surface area (Å²) in [5.74, 6) is -0.786. The SMILES string of the molecule is Cc1cccc(CN2C(=O)CN(S(C)(=O)=O)C[C@]2(C)C(=O)NCc2ccccc2)c1. The van der Waals surface area contributed by atoms with Crippen LogP contribution in [-0.2, 0) is 32.7 Å². The first-order valence-corrected chi connectivity index (χ1v) is 11.6. The lowest BCUT2D eigenvalue weighted by molar-refractivity contribution is -0.153. The highest BCUT2D eigenvalue weighted by molar-refractivity contribution is 7.88. The lowest BCUT2D eigenvalue weighted by Crippen LogP contribution is -2.69. The molecule has 8 heteroatoms.